The summed E-state index contributed by atoms with van der Waals surface area (Å²) in [6.07, 6.45) is 5.47. The minimum Gasteiger partial charge on any atom is -0.376 e. The van der Waals surface area contributed by atoms with Crippen molar-refractivity contribution >= 4 is 11.5 Å². The van der Waals surface area contributed by atoms with Crippen molar-refractivity contribution in [3.63, 3.8) is 0 Å². The van der Waals surface area contributed by atoms with Gasteiger partial charge in [-0.2, -0.15) is 4.52 Å². The largest absolute Gasteiger partial charge is 0.376 e. The SMILES string of the molecule is c1cc2nncn2nc1NCC1CCCCO1. The molecule has 0 spiro atoms. The van der Waals surface area contributed by atoms with Gasteiger partial charge in [-0.05, 0) is 31.4 Å². The highest BCUT2D eigenvalue weighted by Gasteiger charge is 2.13. The third-order valence-electron chi connectivity index (χ3n) is 2.95. The molecule has 3 heterocycles. The summed E-state index contributed by atoms with van der Waals surface area (Å²) in [6, 6.07) is 3.80. The average molecular weight is 233 g/mol. The van der Waals surface area contributed by atoms with Crippen molar-refractivity contribution in [2.45, 2.75) is 25.4 Å². The van der Waals surface area contributed by atoms with Crippen LogP contribution >= 0.6 is 0 Å². The van der Waals surface area contributed by atoms with E-state index >= 15 is 0 Å². The molecule has 3 rings (SSSR count). The van der Waals surface area contributed by atoms with E-state index in [1.54, 1.807) is 10.8 Å². The van der Waals surface area contributed by atoms with Crippen LogP contribution in [0.3, 0.4) is 0 Å². The van der Waals surface area contributed by atoms with Crippen molar-refractivity contribution in [3.05, 3.63) is 18.5 Å². The first-order chi connectivity index (χ1) is 8.42. The molecule has 1 aliphatic heterocycles. The summed E-state index contributed by atoms with van der Waals surface area (Å²) < 4.78 is 7.31. The molecule has 0 amide bonds. The summed E-state index contributed by atoms with van der Waals surface area (Å²) >= 11 is 0. The molecule has 0 aromatic carbocycles. The van der Waals surface area contributed by atoms with Crippen LogP contribution in [0.4, 0.5) is 5.82 Å². The fraction of sp³-hybridized carbons (Fsp3) is 0.545. The maximum absolute atomic E-state index is 5.65. The van der Waals surface area contributed by atoms with Gasteiger partial charge in [-0.1, -0.05) is 0 Å². The van der Waals surface area contributed by atoms with Gasteiger partial charge in [0.05, 0.1) is 6.10 Å². The van der Waals surface area contributed by atoms with E-state index in [1.165, 1.54) is 12.8 Å². The van der Waals surface area contributed by atoms with Crippen LogP contribution in [-0.4, -0.2) is 39.1 Å². The molecule has 0 bridgehead atoms. The highest BCUT2D eigenvalue weighted by atomic mass is 16.5. The number of anilines is 1. The van der Waals surface area contributed by atoms with Crippen LogP contribution in [0, 0.1) is 0 Å². The second-order valence-electron chi connectivity index (χ2n) is 4.22. The third-order valence-corrected chi connectivity index (χ3v) is 2.95. The van der Waals surface area contributed by atoms with Crippen molar-refractivity contribution < 1.29 is 4.74 Å². The first-order valence-corrected chi connectivity index (χ1v) is 5.94. The molecule has 1 atom stereocenters. The summed E-state index contributed by atoms with van der Waals surface area (Å²) in [5, 5.41) is 15.3. The second kappa shape index (κ2) is 4.67. The predicted molar refractivity (Wildman–Crippen MR) is 62.9 cm³/mol. The molecule has 90 valence electrons. The lowest BCUT2D eigenvalue weighted by molar-refractivity contribution is 0.0247. The maximum atomic E-state index is 5.65. The van der Waals surface area contributed by atoms with Crippen LogP contribution in [0.1, 0.15) is 19.3 Å². The Morgan fingerprint density at radius 2 is 2.41 bits per heavy atom. The molecule has 1 N–H and O–H groups in total. The number of hydrogen-bond acceptors (Lipinski definition) is 5. The second-order valence-corrected chi connectivity index (χ2v) is 4.22. The normalized spacial score (nSPS) is 20.6. The van der Waals surface area contributed by atoms with Crippen LogP contribution in [0.2, 0.25) is 0 Å². The summed E-state index contributed by atoms with van der Waals surface area (Å²) in [6.45, 7) is 1.69. The summed E-state index contributed by atoms with van der Waals surface area (Å²) in [4.78, 5) is 0. The van der Waals surface area contributed by atoms with Crippen LogP contribution in [0.15, 0.2) is 18.5 Å². The van der Waals surface area contributed by atoms with E-state index in [2.05, 4.69) is 20.6 Å². The van der Waals surface area contributed by atoms with Crippen LogP contribution < -0.4 is 5.32 Å². The monoisotopic (exact) mass is 233 g/mol. The van der Waals surface area contributed by atoms with E-state index in [-0.39, 0.29) is 0 Å². The van der Waals surface area contributed by atoms with Crippen molar-refractivity contribution in [2.24, 2.45) is 0 Å². The van der Waals surface area contributed by atoms with Gasteiger partial charge in [0.25, 0.3) is 0 Å². The molecule has 1 saturated heterocycles. The average Bonchev–Trinajstić information content (AvgIpc) is 2.85. The van der Waals surface area contributed by atoms with Gasteiger partial charge in [0.15, 0.2) is 5.65 Å². The number of rotatable bonds is 3. The lowest BCUT2D eigenvalue weighted by atomic mass is 10.1. The van der Waals surface area contributed by atoms with Crippen molar-refractivity contribution in [3.8, 4) is 0 Å². The molecule has 1 aliphatic rings. The minimum absolute atomic E-state index is 0.308. The Balaban J connectivity index is 1.63. The van der Waals surface area contributed by atoms with Crippen molar-refractivity contribution in [1.82, 2.24) is 19.8 Å². The number of fused-ring (bicyclic) bond motifs is 1. The van der Waals surface area contributed by atoms with E-state index in [4.69, 9.17) is 4.74 Å². The first kappa shape index (κ1) is 10.5. The number of nitrogens with zero attached hydrogens (tertiary/aromatic N) is 4. The van der Waals surface area contributed by atoms with Gasteiger partial charge in [0.2, 0.25) is 0 Å². The fourth-order valence-corrected chi connectivity index (χ4v) is 2.01. The van der Waals surface area contributed by atoms with E-state index in [9.17, 15) is 0 Å². The zero-order chi connectivity index (χ0) is 11.5. The topological polar surface area (TPSA) is 64.3 Å². The predicted octanol–water partition coefficient (Wildman–Crippen LogP) is 1.11. The summed E-state index contributed by atoms with van der Waals surface area (Å²) in [7, 11) is 0. The Kier molecular flexibility index (Phi) is 2.87. The van der Waals surface area contributed by atoms with Gasteiger partial charge in [-0.3, -0.25) is 0 Å². The highest BCUT2D eigenvalue weighted by Crippen LogP contribution is 2.13. The van der Waals surface area contributed by atoms with Gasteiger partial charge < -0.3 is 10.1 Å². The molecule has 6 nitrogen and oxygen atoms in total. The van der Waals surface area contributed by atoms with Crippen LogP contribution in [0.5, 0.6) is 0 Å². The molecule has 2 aromatic rings. The Labute approximate surface area is 99.0 Å². The smallest absolute Gasteiger partial charge is 0.177 e. The van der Waals surface area contributed by atoms with Gasteiger partial charge in [0, 0.05) is 13.2 Å². The Morgan fingerprint density at radius 3 is 3.29 bits per heavy atom. The minimum atomic E-state index is 0.308. The highest BCUT2D eigenvalue weighted by molar-refractivity contribution is 5.42. The number of hydrogen-bond donors (Lipinski definition) is 1. The fourth-order valence-electron chi connectivity index (χ4n) is 2.01. The van der Waals surface area contributed by atoms with Gasteiger partial charge in [-0.15, -0.1) is 15.3 Å². The van der Waals surface area contributed by atoms with E-state index in [0.717, 1.165) is 31.0 Å². The molecule has 0 aliphatic carbocycles. The molecular weight excluding hydrogens is 218 g/mol. The Morgan fingerprint density at radius 1 is 1.41 bits per heavy atom. The summed E-state index contributed by atoms with van der Waals surface area (Å²) in [5.74, 6) is 0.825. The maximum Gasteiger partial charge on any atom is 0.177 e. The van der Waals surface area contributed by atoms with Gasteiger partial charge >= 0.3 is 0 Å². The molecule has 6 heteroatoms. The van der Waals surface area contributed by atoms with Crippen LogP contribution in [-0.2, 0) is 4.74 Å². The van der Waals surface area contributed by atoms with E-state index in [0.29, 0.717) is 6.10 Å². The Hall–Kier alpha value is -1.69. The molecular formula is C11H15N5O. The number of nitrogens with one attached hydrogen (secondary N) is 1. The lowest BCUT2D eigenvalue weighted by Gasteiger charge is -2.22. The molecule has 0 saturated carbocycles. The number of ether oxygens (including phenoxy) is 1. The third kappa shape index (κ3) is 2.36. The lowest BCUT2D eigenvalue weighted by Crippen LogP contribution is -2.27. The van der Waals surface area contributed by atoms with Gasteiger partial charge in [0.1, 0.15) is 12.1 Å². The molecule has 0 radical (unpaired) electrons. The van der Waals surface area contributed by atoms with Crippen molar-refractivity contribution in [2.75, 3.05) is 18.5 Å². The zero-order valence-corrected chi connectivity index (χ0v) is 9.54. The zero-order valence-electron chi connectivity index (χ0n) is 9.54. The van der Waals surface area contributed by atoms with E-state index < -0.39 is 0 Å². The molecule has 1 unspecified atom stereocenters. The van der Waals surface area contributed by atoms with Crippen molar-refractivity contribution in [1.29, 1.82) is 0 Å². The molecule has 1 fully saturated rings. The van der Waals surface area contributed by atoms with E-state index in [1.807, 2.05) is 12.1 Å². The summed E-state index contributed by atoms with van der Waals surface area (Å²) in [5.41, 5.74) is 0.754. The van der Waals surface area contributed by atoms with Crippen LogP contribution in [0.25, 0.3) is 5.65 Å². The Bertz CT molecular complexity index is 491. The molecule has 17 heavy (non-hydrogen) atoms. The van der Waals surface area contributed by atoms with Gasteiger partial charge in [-0.25, -0.2) is 0 Å². The first-order valence-electron chi connectivity index (χ1n) is 5.94. The molecule has 2 aromatic heterocycles. The quantitative estimate of drug-likeness (QED) is 0.860. The number of aromatic nitrogens is 4. The standard InChI is InChI=1S/C11H15N5O/c1-2-6-17-9(3-1)7-12-10-4-5-11-14-13-8-16(11)15-10/h4-5,8-9H,1-3,6-7H2,(H,12,15).